The van der Waals surface area contributed by atoms with Gasteiger partial charge in [-0.05, 0) is 66.3 Å². The zero-order valence-corrected chi connectivity index (χ0v) is 20.3. The highest BCUT2D eigenvalue weighted by atomic mass is 32.1. The van der Waals surface area contributed by atoms with Crippen LogP contribution in [0.3, 0.4) is 0 Å². The van der Waals surface area contributed by atoms with Gasteiger partial charge >= 0.3 is 0 Å². The fourth-order valence-electron chi connectivity index (χ4n) is 4.57. The van der Waals surface area contributed by atoms with E-state index in [4.69, 9.17) is 9.47 Å². The van der Waals surface area contributed by atoms with Gasteiger partial charge in [-0.2, -0.15) is 5.21 Å². The molecular weight excluding hydrogens is 450 g/mol. The predicted octanol–water partition coefficient (Wildman–Crippen LogP) is 5.85. The van der Waals surface area contributed by atoms with Crippen molar-refractivity contribution in [1.29, 1.82) is 0 Å². The lowest BCUT2D eigenvalue weighted by molar-refractivity contribution is 0.0993. The second kappa shape index (κ2) is 9.42. The van der Waals surface area contributed by atoms with Gasteiger partial charge in [0.15, 0.2) is 5.75 Å². The molecule has 4 aromatic rings. The Morgan fingerprint density at radius 1 is 1.15 bits per heavy atom. The van der Waals surface area contributed by atoms with Crippen molar-refractivity contribution in [2.24, 2.45) is 0 Å². The molecule has 0 radical (unpaired) electrons. The second-order valence-electron chi connectivity index (χ2n) is 8.66. The summed E-state index contributed by atoms with van der Waals surface area (Å²) in [4.78, 5) is 15.2. The molecule has 2 aromatic heterocycles. The number of hydrogen-bond acceptors (Lipinski definition) is 7. The molecule has 1 fully saturated rings. The van der Waals surface area contributed by atoms with Gasteiger partial charge in [0.2, 0.25) is 0 Å². The number of carbonyl (C=O) groups is 1. The van der Waals surface area contributed by atoms with Gasteiger partial charge in [0.1, 0.15) is 16.4 Å². The van der Waals surface area contributed by atoms with Crippen molar-refractivity contribution < 1.29 is 14.3 Å². The van der Waals surface area contributed by atoms with Crippen LogP contribution < -0.4 is 14.4 Å². The molecule has 1 saturated carbocycles. The topological polar surface area (TPSA) is 93.2 Å². The summed E-state index contributed by atoms with van der Waals surface area (Å²) in [6, 6.07) is 12.2. The molecule has 34 heavy (non-hydrogen) atoms. The van der Waals surface area contributed by atoms with E-state index in [-0.39, 0.29) is 11.9 Å². The van der Waals surface area contributed by atoms with E-state index in [0.29, 0.717) is 22.3 Å². The van der Waals surface area contributed by atoms with Crippen LogP contribution >= 0.6 is 11.3 Å². The Morgan fingerprint density at radius 3 is 2.59 bits per heavy atom. The molecule has 0 aliphatic heterocycles. The van der Waals surface area contributed by atoms with Gasteiger partial charge in [-0.15, -0.1) is 16.4 Å². The third-order valence-corrected chi connectivity index (χ3v) is 7.59. The SMILES string of the molecule is COc1cc2c(Oc3ccc(C4CCCCC4)cc3)c(C(=O)N(C)c3nn[nH]n3)sc2cc1C. The summed E-state index contributed by atoms with van der Waals surface area (Å²) in [6.07, 6.45) is 6.42. The minimum absolute atomic E-state index is 0.194. The molecule has 0 bridgehead atoms. The Hall–Kier alpha value is -3.46. The lowest BCUT2D eigenvalue weighted by Gasteiger charge is -2.22. The number of nitrogens with zero attached hydrogens (tertiary/aromatic N) is 4. The Morgan fingerprint density at radius 2 is 1.91 bits per heavy atom. The van der Waals surface area contributed by atoms with Gasteiger partial charge in [-0.25, -0.2) is 0 Å². The zero-order chi connectivity index (χ0) is 23.7. The summed E-state index contributed by atoms with van der Waals surface area (Å²) in [7, 11) is 3.26. The van der Waals surface area contributed by atoms with Crippen LogP contribution in [0.5, 0.6) is 17.2 Å². The standard InChI is InChI=1S/C25H27N5O3S/c1-15-13-21-19(14-20(15)32-3)22(23(34-21)24(31)30(2)25-26-28-29-27-25)33-18-11-9-17(10-12-18)16-7-5-4-6-8-16/h9-14,16H,4-8H2,1-3H3,(H,26,27,28,29). The molecular formula is C25H27N5O3S. The van der Waals surface area contributed by atoms with Crippen molar-refractivity contribution >= 4 is 33.3 Å². The van der Waals surface area contributed by atoms with Crippen LogP contribution in [-0.4, -0.2) is 40.7 Å². The predicted molar refractivity (Wildman–Crippen MR) is 132 cm³/mol. The molecule has 0 saturated heterocycles. The average molecular weight is 478 g/mol. The number of aromatic nitrogens is 4. The van der Waals surface area contributed by atoms with Gasteiger partial charge in [0.25, 0.3) is 11.9 Å². The second-order valence-corrected chi connectivity index (χ2v) is 9.71. The van der Waals surface area contributed by atoms with E-state index >= 15 is 0 Å². The van der Waals surface area contributed by atoms with Crippen molar-refractivity contribution in [1.82, 2.24) is 20.6 Å². The van der Waals surface area contributed by atoms with Gasteiger partial charge in [-0.3, -0.25) is 9.69 Å². The van der Waals surface area contributed by atoms with Crippen molar-refractivity contribution in [2.45, 2.75) is 44.9 Å². The summed E-state index contributed by atoms with van der Waals surface area (Å²) in [5.41, 5.74) is 2.35. The molecule has 5 rings (SSSR count). The van der Waals surface area contributed by atoms with Gasteiger partial charge in [0, 0.05) is 17.1 Å². The first-order valence-electron chi connectivity index (χ1n) is 11.5. The van der Waals surface area contributed by atoms with Crippen LogP contribution in [0.2, 0.25) is 0 Å². The number of methoxy groups -OCH3 is 1. The summed E-state index contributed by atoms with van der Waals surface area (Å²) >= 11 is 1.38. The molecule has 1 aliphatic carbocycles. The fraction of sp³-hybridized carbons (Fsp3) is 0.360. The van der Waals surface area contributed by atoms with Crippen LogP contribution in [0.15, 0.2) is 36.4 Å². The Balaban J connectivity index is 1.52. The monoisotopic (exact) mass is 477 g/mol. The number of H-pyrrole nitrogens is 1. The van der Waals surface area contributed by atoms with Crippen molar-refractivity contribution in [3.8, 4) is 17.2 Å². The summed E-state index contributed by atoms with van der Waals surface area (Å²) < 4.78 is 12.9. The molecule has 0 spiro atoms. The molecule has 2 heterocycles. The lowest BCUT2D eigenvalue weighted by atomic mass is 9.84. The van der Waals surface area contributed by atoms with Crippen LogP contribution in [0.4, 0.5) is 5.95 Å². The van der Waals surface area contributed by atoms with E-state index in [1.165, 1.54) is 53.9 Å². The van der Waals surface area contributed by atoms with Crippen molar-refractivity contribution in [3.05, 3.63) is 52.4 Å². The Kier molecular flexibility index (Phi) is 6.19. The Bertz CT molecular complexity index is 1290. The van der Waals surface area contributed by atoms with Gasteiger partial charge < -0.3 is 9.47 Å². The van der Waals surface area contributed by atoms with E-state index in [1.807, 2.05) is 31.2 Å². The molecule has 1 aliphatic rings. The molecule has 0 atom stereocenters. The summed E-state index contributed by atoms with van der Waals surface area (Å²) in [6.45, 7) is 1.98. The highest BCUT2D eigenvalue weighted by Gasteiger charge is 2.27. The first-order chi connectivity index (χ1) is 16.5. The lowest BCUT2D eigenvalue weighted by Crippen LogP contribution is -2.26. The number of thiophene rings is 1. The number of aryl methyl sites for hydroxylation is 1. The van der Waals surface area contributed by atoms with Crippen LogP contribution in [-0.2, 0) is 0 Å². The molecule has 176 valence electrons. The van der Waals surface area contributed by atoms with Gasteiger partial charge in [-0.1, -0.05) is 36.5 Å². The van der Waals surface area contributed by atoms with Crippen LogP contribution in [0.1, 0.15) is 58.8 Å². The first-order valence-corrected chi connectivity index (χ1v) is 12.3. The quantitative estimate of drug-likeness (QED) is 0.375. The smallest absolute Gasteiger partial charge is 0.274 e. The van der Waals surface area contributed by atoms with Crippen LogP contribution in [0.25, 0.3) is 10.1 Å². The number of ether oxygens (including phenoxy) is 2. The normalized spacial score (nSPS) is 14.3. The van der Waals surface area contributed by atoms with E-state index in [9.17, 15) is 4.79 Å². The van der Waals surface area contributed by atoms with E-state index < -0.39 is 0 Å². The zero-order valence-electron chi connectivity index (χ0n) is 19.5. The maximum Gasteiger partial charge on any atom is 0.274 e. The summed E-state index contributed by atoms with van der Waals surface area (Å²) in [5, 5.41) is 14.6. The number of benzene rings is 2. The number of fused-ring (bicyclic) bond motifs is 1. The minimum atomic E-state index is -0.270. The number of aromatic amines is 1. The van der Waals surface area contributed by atoms with E-state index in [2.05, 4.69) is 32.8 Å². The molecule has 0 unspecified atom stereocenters. The molecule has 1 N–H and O–H groups in total. The third kappa shape index (κ3) is 4.23. The summed E-state index contributed by atoms with van der Waals surface area (Å²) in [5.74, 6) is 2.48. The molecule has 9 heteroatoms. The Labute approximate surface area is 201 Å². The number of anilines is 1. The molecule has 8 nitrogen and oxygen atoms in total. The molecule has 1 amide bonds. The number of amides is 1. The van der Waals surface area contributed by atoms with Crippen LogP contribution in [0, 0.1) is 6.92 Å². The fourth-order valence-corrected chi connectivity index (χ4v) is 5.75. The number of rotatable bonds is 6. The van der Waals surface area contributed by atoms with Crippen molar-refractivity contribution in [2.75, 3.05) is 19.1 Å². The largest absolute Gasteiger partial charge is 0.496 e. The number of hydrogen-bond donors (Lipinski definition) is 1. The molecule has 2 aromatic carbocycles. The number of carbonyl (C=O) groups excluding carboxylic acids is 1. The minimum Gasteiger partial charge on any atom is -0.496 e. The van der Waals surface area contributed by atoms with E-state index in [0.717, 1.165) is 21.4 Å². The third-order valence-electron chi connectivity index (χ3n) is 6.47. The van der Waals surface area contributed by atoms with Crippen molar-refractivity contribution in [3.63, 3.8) is 0 Å². The van der Waals surface area contributed by atoms with Gasteiger partial charge in [0.05, 0.1) is 7.11 Å². The average Bonchev–Trinajstić information content (AvgIpc) is 3.52. The number of nitrogens with one attached hydrogen (secondary N) is 1. The maximum atomic E-state index is 13.4. The van der Waals surface area contributed by atoms with E-state index in [1.54, 1.807) is 14.2 Å². The highest BCUT2D eigenvalue weighted by Crippen LogP contribution is 2.44. The highest BCUT2D eigenvalue weighted by molar-refractivity contribution is 7.21. The first kappa shape index (κ1) is 22.3. The number of tetrazole rings is 1. The maximum absolute atomic E-state index is 13.4.